The number of fused-ring (bicyclic) bond motifs is 1. The summed E-state index contributed by atoms with van der Waals surface area (Å²) < 4.78 is 29.0. The van der Waals surface area contributed by atoms with E-state index in [0.29, 0.717) is 11.5 Å². The molecule has 2 aromatic rings. The number of amides is 1. The molecule has 1 aromatic carbocycles. The molecule has 8 heteroatoms. The molecule has 2 aliphatic rings. The number of aryl methyl sites for hydroxylation is 2. The lowest BCUT2D eigenvalue weighted by molar-refractivity contribution is -0.336. The fraction of sp³-hybridized carbons (Fsp3) is 0.476. The number of hydrogen-bond acceptors (Lipinski definition) is 7. The average Bonchev–Trinajstić information content (AvgIpc) is 3.22. The number of carbonyl (C=O) groups excluding carboxylic acids is 1. The first-order chi connectivity index (χ1) is 13.9. The van der Waals surface area contributed by atoms with Crippen LogP contribution in [0.25, 0.3) is 0 Å². The Morgan fingerprint density at radius 2 is 2.03 bits per heavy atom. The maximum atomic E-state index is 11.8. The Bertz CT molecular complexity index is 853. The number of rotatable bonds is 4. The highest BCUT2D eigenvalue weighted by Crippen LogP contribution is 2.35. The van der Waals surface area contributed by atoms with Gasteiger partial charge in [0.05, 0.1) is 12.9 Å². The summed E-state index contributed by atoms with van der Waals surface area (Å²) >= 11 is 0. The zero-order chi connectivity index (χ0) is 20.5. The van der Waals surface area contributed by atoms with Gasteiger partial charge in [-0.05, 0) is 49.2 Å². The Hall–Kier alpha value is -2.39. The molecule has 156 valence electrons. The Labute approximate surface area is 168 Å². The van der Waals surface area contributed by atoms with Gasteiger partial charge in [-0.15, -0.1) is 0 Å². The standard InChI is InChI=1S/C21H25NO7/c1-11-6-7-14(9-12(11)2)27-21-17(22-13(3)23)18(24)19-16(28-21)10-26-20(29-19)15-5-4-8-25-15/h4-9,16-21,24H,10H2,1-3H3,(H,22,23). The van der Waals surface area contributed by atoms with E-state index in [0.717, 1.165) is 11.1 Å². The molecule has 4 rings (SSSR count). The van der Waals surface area contributed by atoms with Crippen LogP contribution in [0, 0.1) is 13.8 Å². The van der Waals surface area contributed by atoms with E-state index in [1.165, 1.54) is 13.2 Å². The Morgan fingerprint density at radius 3 is 2.72 bits per heavy atom. The molecule has 1 amide bonds. The van der Waals surface area contributed by atoms with Gasteiger partial charge < -0.3 is 33.8 Å². The minimum Gasteiger partial charge on any atom is -0.464 e. The number of carbonyl (C=O) groups is 1. The second-order valence-corrected chi connectivity index (χ2v) is 7.41. The molecular weight excluding hydrogens is 378 g/mol. The van der Waals surface area contributed by atoms with Crippen molar-refractivity contribution in [1.29, 1.82) is 0 Å². The fourth-order valence-electron chi connectivity index (χ4n) is 3.57. The van der Waals surface area contributed by atoms with Crippen molar-refractivity contribution in [2.45, 2.75) is 57.7 Å². The molecule has 0 spiro atoms. The van der Waals surface area contributed by atoms with Crippen molar-refractivity contribution in [1.82, 2.24) is 5.32 Å². The van der Waals surface area contributed by atoms with Crippen LogP contribution in [0.1, 0.15) is 30.1 Å². The highest BCUT2D eigenvalue weighted by Gasteiger charge is 2.51. The second kappa shape index (κ2) is 8.16. The Kier molecular flexibility index (Phi) is 5.60. The van der Waals surface area contributed by atoms with Gasteiger partial charge in [0.25, 0.3) is 0 Å². The van der Waals surface area contributed by atoms with Crippen LogP contribution in [0.15, 0.2) is 41.0 Å². The summed E-state index contributed by atoms with van der Waals surface area (Å²) in [4.78, 5) is 11.8. The highest BCUT2D eigenvalue weighted by atomic mass is 16.8. The van der Waals surface area contributed by atoms with E-state index in [9.17, 15) is 9.90 Å². The van der Waals surface area contributed by atoms with Gasteiger partial charge in [-0.1, -0.05) is 6.07 Å². The predicted octanol–water partition coefficient (Wildman–Crippen LogP) is 1.98. The molecule has 0 radical (unpaired) electrons. The third-order valence-corrected chi connectivity index (χ3v) is 5.24. The lowest BCUT2D eigenvalue weighted by Gasteiger charge is -2.47. The third-order valence-electron chi connectivity index (χ3n) is 5.24. The Morgan fingerprint density at radius 1 is 1.21 bits per heavy atom. The van der Waals surface area contributed by atoms with Crippen LogP contribution in [0.3, 0.4) is 0 Å². The molecule has 3 heterocycles. The van der Waals surface area contributed by atoms with Gasteiger partial charge in [0, 0.05) is 6.92 Å². The molecule has 1 aromatic heterocycles. The van der Waals surface area contributed by atoms with Gasteiger partial charge in [0.2, 0.25) is 18.5 Å². The van der Waals surface area contributed by atoms with Gasteiger partial charge in [-0.2, -0.15) is 0 Å². The topological polar surface area (TPSA) is 99.4 Å². The summed E-state index contributed by atoms with van der Waals surface area (Å²) in [6, 6.07) is 8.32. The molecule has 0 saturated carbocycles. The van der Waals surface area contributed by atoms with Crippen molar-refractivity contribution >= 4 is 5.91 Å². The SMILES string of the molecule is CC(=O)NC1C(Oc2ccc(C)c(C)c2)OC2COC(c3ccco3)OC2C1O. The zero-order valence-corrected chi connectivity index (χ0v) is 16.5. The number of hydrogen-bond donors (Lipinski definition) is 2. The molecule has 6 atom stereocenters. The number of aliphatic hydroxyl groups is 1. The molecule has 6 unspecified atom stereocenters. The molecule has 8 nitrogen and oxygen atoms in total. The minimum absolute atomic E-state index is 0.187. The van der Waals surface area contributed by atoms with E-state index in [1.807, 2.05) is 32.0 Å². The quantitative estimate of drug-likeness (QED) is 0.805. The third kappa shape index (κ3) is 4.16. The number of aliphatic hydroxyl groups excluding tert-OH is 1. The Balaban J connectivity index is 1.54. The monoisotopic (exact) mass is 403 g/mol. The molecule has 2 saturated heterocycles. The summed E-state index contributed by atoms with van der Waals surface area (Å²) in [5.41, 5.74) is 2.21. The van der Waals surface area contributed by atoms with E-state index in [-0.39, 0.29) is 12.5 Å². The van der Waals surface area contributed by atoms with Crippen LogP contribution in [0.5, 0.6) is 5.75 Å². The van der Waals surface area contributed by atoms with Crippen molar-refractivity contribution in [3.05, 3.63) is 53.5 Å². The summed E-state index contributed by atoms with van der Waals surface area (Å²) in [6.45, 7) is 5.56. The van der Waals surface area contributed by atoms with Crippen LogP contribution >= 0.6 is 0 Å². The van der Waals surface area contributed by atoms with Gasteiger partial charge in [-0.25, -0.2) is 0 Å². The first-order valence-electron chi connectivity index (χ1n) is 9.57. The van der Waals surface area contributed by atoms with Crippen molar-refractivity contribution in [3.8, 4) is 5.75 Å². The van der Waals surface area contributed by atoms with E-state index >= 15 is 0 Å². The van der Waals surface area contributed by atoms with Gasteiger partial charge in [0.15, 0.2) is 5.76 Å². The van der Waals surface area contributed by atoms with Crippen molar-refractivity contribution in [3.63, 3.8) is 0 Å². The van der Waals surface area contributed by atoms with Crippen LogP contribution in [0.2, 0.25) is 0 Å². The number of nitrogens with one attached hydrogen (secondary N) is 1. The lowest BCUT2D eigenvalue weighted by Crippen LogP contribution is -2.67. The zero-order valence-electron chi connectivity index (χ0n) is 16.5. The normalized spacial score (nSPS) is 31.7. The maximum absolute atomic E-state index is 11.8. The van der Waals surface area contributed by atoms with Crippen molar-refractivity contribution in [2.75, 3.05) is 6.61 Å². The fourth-order valence-corrected chi connectivity index (χ4v) is 3.57. The second-order valence-electron chi connectivity index (χ2n) is 7.41. The number of ether oxygens (including phenoxy) is 4. The first kappa shape index (κ1) is 19.9. The van der Waals surface area contributed by atoms with Crippen LogP contribution in [0.4, 0.5) is 0 Å². The average molecular weight is 403 g/mol. The van der Waals surface area contributed by atoms with Gasteiger partial charge in [-0.3, -0.25) is 4.79 Å². The lowest BCUT2D eigenvalue weighted by atomic mass is 9.96. The van der Waals surface area contributed by atoms with E-state index in [4.69, 9.17) is 23.4 Å². The number of benzene rings is 1. The van der Waals surface area contributed by atoms with Gasteiger partial charge >= 0.3 is 0 Å². The predicted molar refractivity (Wildman–Crippen MR) is 101 cm³/mol. The molecular formula is C21H25NO7. The molecule has 2 N–H and O–H groups in total. The summed E-state index contributed by atoms with van der Waals surface area (Å²) in [7, 11) is 0. The smallest absolute Gasteiger partial charge is 0.223 e. The van der Waals surface area contributed by atoms with E-state index < -0.39 is 36.9 Å². The molecule has 2 fully saturated rings. The summed E-state index contributed by atoms with van der Waals surface area (Å²) in [6.07, 6.45) is -2.46. The summed E-state index contributed by atoms with van der Waals surface area (Å²) in [5.74, 6) is 0.782. The summed E-state index contributed by atoms with van der Waals surface area (Å²) in [5, 5.41) is 13.7. The first-order valence-corrected chi connectivity index (χ1v) is 9.57. The van der Waals surface area contributed by atoms with Crippen molar-refractivity contribution < 1.29 is 33.3 Å². The maximum Gasteiger partial charge on any atom is 0.223 e. The van der Waals surface area contributed by atoms with E-state index in [1.54, 1.807) is 12.1 Å². The van der Waals surface area contributed by atoms with Crippen LogP contribution in [-0.4, -0.2) is 48.3 Å². The van der Waals surface area contributed by atoms with Crippen molar-refractivity contribution in [2.24, 2.45) is 0 Å². The highest BCUT2D eigenvalue weighted by molar-refractivity contribution is 5.73. The van der Waals surface area contributed by atoms with Crippen LogP contribution in [-0.2, 0) is 19.0 Å². The van der Waals surface area contributed by atoms with Crippen LogP contribution < -0.4 is 10.1 Å². The molecule has 2 aliphatic heterocycles. The molecule has 0 aliphatic carbocycles. The largest absolute Gasteiger partial charge is 0.464 e. The van der Waals surface area contributed by atoms with Gasteiger partial charge in [0.1, 0.15) is 30.1 Å². The molecule has 29 heavy (non-hydrogen) atoms. The number of furan rings is 1. The molecule has 0 bridgehead atoms. The van der Waals surface area contributed by atoms with E-state index in [2.05, 4.69) is 5.32 Å². The minimum atomic E-state index is -1.06.